The summed E-state index contributed by atoms with van der Waals surface area (Å²) in [6.07, 6.45) is 2.73. The summed E-state index contributed by atoms with van der Waals surface area (Å²) in [5, 5.41) is 5.84. The Bertz CT molecular complexity index is 701. The Kier molecular flexibility index (Phi) is 4.66. The molecule has 6 nitrogen and oxygen atoms in total. The topological polar surface area (TPSA) is 75.2 Å². The quantitative estimate of drug-likeness (QED) is 0.898. The lowest BCUT2D eigenvalue weighted by Gasteiger charge is -2.10. The van der Waals surface area contributed by atoms with Crippen molar-refractivity contribution in [2.24, 2.45) is 5.92 Å². The van der Waals surface area contributed by atoms with Crippen LogP contribution < -0.4 is 5.32 Å². The van der Waals surface area contributed by atoms with Crippen LogP contribution >= 0.6 is 11.3 Å². The van der Waals surface area contributed by atoms with Crippen LogP contribution in [0.1, 0.15) is 11.4 Å². The molecule has 7 heteroatoms. The van der Waals surface area contributed by atoms with Crippen molar-refractivity contribution in [3.8, 4) is 11.4 Å². The van der Waals surface area contributed by atoms with Crippen LogP contribution in [0.15, 0.2) is 29.8 Å². The number of carbonyl (C=O) groups is 2. The van der Waals surface area contributed by atoms with Crippen molar-refractivity contribution in [2.45, 2.75) is 12.8 Å². The highest BCUT2D eigenvalue weighted by Gasteiger charge is 2.31. The molecule has 2 aromatic heterocycles. The van der Waals surface area contributed by atoms with Crippen LogP contribution in [0.25, 0.3) is 11.4 Å². The maximum absolute atomic E-state index is 12.0. The molecule has 2 amide bonds. The number of amides is 2. The lowest BCUT2D eigenvalue weighted by atomic mass is 10.1. The van der Waals surface area contributed by atoms with Gasteiger partial charge in [0.05, 0.1) is 22.3 Å². The number of likely N-dealkylation sites (tertiary alicyclic amines) is 1. The Morgan fingerprint density at radius 3 is 3.00 bits per heavy atom. The van der Waals surface area contributed by atoms with Crippen LogP contribution in [0, 0.1) is 5.92 Å². The summed E-state index contributed by atoms with van der Waals surface area (Å²) in [7, 11) is 1.73. The van der Waals surface area contributed by atoms with E-state index in [1.54, 1.807) is 29.5 Å². The van der Waals surface area contributed by atoms with Crippen LogP contribution in [0.4, 0.5) is 0 Å². The van der Waals surface area contributed by atoms with Gasteiger partial charge in [-0.2, -0.15) is 0 Å². The van der Waals surface area contributed by atoms with Crippen molar-refractivity contribution >= 4 is 23.2 Å². The molecule has 1 atom stereocenters. The van der Waals surface area contributed by atoms with E-state index in [4.69, 9.17) is 0 Å². The van der Waals surface area contributed by atoms with Gasteiger partial charge >= 0.3 is 0 Å². The fourth-order valence-corrected chi connectivity index (χ4v) is 3.33. The highest BCUT2D eigenvalue weighted by molar-refractivity contribution is 7.09. The first-order valence-electron chi connectivity index (χ1n) is 7.51. The van der Waals surface area contributed by atoms with Gasteiger partial charge in [-0.05, 0) is 12.1 Å². The van der Waals surface area contributed by atoms with Crippen LogP contribution in [-0.2, 0) is 16.0 Å². The minimum Gasteiger partial charge on any atom is -0.355 e. The lowest BCUT2D eigenvalue weighted by Crippen LogP contribution is -2.33. The molecule has 3 heterocycles. The molecule has 0 unspecified atom stereocenters. The molecule has 0 saturated carbocycles. The number of aromatic nitrogens is 2. The zero-order valence-corrected chi connectivity index (χ0v) is 13.7. The molecule has 2 aromatic rings. The third-order valence-electron chi connectivity index (χ3n) is 3.83. The van der Waals surface area contributed by atoms with Gasteiger partial charge in [0.15, 0.2) is 0 Å². The summed E-state index contributed by atoms with van der Waals surface area (Å²) in [4.78, 5) is 33.9. The van der Waals surface area contributed by atoms with Crippen LogP contribution in [0.3, 0.4) is 0 Å². The average Bonchev–Trinajstić information content (AvgIpc) is 3.16. The summed E-state index contributed by atoms with van der Waals surface area (Å²) < 4.78 is 0. The van der Waals surface area contributed by atoms with E-state index in [-0.39, 0.29) is 17.7 Å². The molecule has 0 aliphatic carbocycles. The number of nitrogens with one attached hydrogen (secondary N) is 1. The van der Waals surface area contributed by atoms with Crippen LogP contribution in [-0.4, -0.2) is 46.8 Å². The van der Waals surface area contributed by atoms with Crippen LogP contribution in [0.5, 0.6) is 0 Å². The largest absolute Gasteiger partial charge is 0.355 e. The minimum atomic E-state index is -0.229. The molecule has 1 saturated heterocycles. The summed E-state index contributed by atoms with van der Waals surface area (Å²) in [5.41, 5.74) is 1.71. The smallest absolute Gasteiger partial charge is 0.225 e. The summed E-state index contributed by atoms with van der Waals surface area (Å²) >= 11 is 1.56. The van der Waals surface area contributed by atoms with E-state index in [0.717, 1.165) is 16.4 Å². The van der Waals surface area contributed by atoms with E-state index in [0.29, 0.717) is 25.9 Å². The molecule has 0 radical (unpaired) electrons. The van der Waals surface area contributed by atoms with E-state index in [2.05, 4.69) is 15.3 Å². The van der Waals surface area contributed by atoms with Crippen molar-refractivity contribution in [2.75, 3.05) is 20.1 Å². The van der Waals surface area contributed by atoms with Crippen molar-refractivity contribution in [3.05, 3.63) is 34.8 Å². The van der Waals surface area contributed by atoms with Gasteiger partial charge in [0.1, 0.15) is 0 Å². The highest BCUT2D eigenvalue weighted by Crippen LogP contribution is 2.20. The normalized spacial score (nSPS) is 17.5. The van der Waals surface area contributed by atoms with Gasteiger partial charge in [0, 0.05) is 44.6 Å². The fraction of sp³-hybridized carbons (Fsp3) is 0.375. The van der Waals surface area contributed by atoms with Crippen LogP contribution in [0.2, 0.25) is 0 Å². The maximum atomic E-state index is 12.0. The van der Waals surface area contributed by atoms with Crippen molar-refractivity contribution in [1.82, 2.24) is 20.2 Å². The predicted octanol–water partition coefficient (Wildman–Crippen LogP) is 1.34. The molecular weight excluding hydrogens is 312 g/mol. The van der Waals surface area contributed by atoms with Gasteiger partial charge in [-0.25, -0.2) is 4.98 Å². The second-order valence-electron chi connectivity index (χ2n) is 5.56. The third kappa shape index (κ3) is 3.73. The van der Waals surface area contributed by atoms with Crippen molar-refractivity contribution in [1.29, 1.82) is 0 Å². The number of nitrogens with zero attached hydrogens (tertiary/aromatic N) is 3. The number of hydrogen-bond donors (Lipinski definition) is 1. The Balaban J connectivity index is 1.49. The van der Waals surface area contributed by atoms with Gasteiger partial charge in [0.25, 0.3) is 0 Å². The van der Waals surface area contributed by atoms with Gasteiger partial charge in [0.2, 0.25) is 11.8 Å². The molecule has 0 aromatic carbocycles. The Morgan fingerprint density at radius 1 is 1.43 bits per heavy atom. The van der Waals surface area contributed by atoms with Crippen molar-refractivity contribution in [3.63, 3.8) is 0 Å². The standard InChI is InChI=1S/C16H18N4O2S/c1-20-9-11(8-15(20)21)16(22)18-7-5-14-19-13(10-23-14)12-4-2-3-6-17-12/h2-4,6,10-11H,5,7-9H2,1H3,(H,18,22)/t11-/m0/s1. The molecular formula is C16H18N4O2S. The molecule has 1 N–H and O–H groups in total. The Hall–Kier alpha value is -2.28. The first kappa shape index (κ1) is 15.6. The highest BCUT2D eigenvalue weighted by atomic mass is 32.1. The summed E-state index contributed by atoms with van der Waals surface area (Å²) in [5.74, 6) is -0.248. The zero-order valence-electron chi connectivity index (χ0n) is 12.9. The van der Waals surface area contributed by atoms with E-state index in [9.17, 15) is 9.59 Å². The molecule has 1 aliphatic rings. The first-order valence-corrected chi connectivity index (χ1v) is 8.39. The number of carbonyl (C=O) groups excluding carboxylic acids is 2. The van der Waals surface area contributed by atoms with Crippen molar-refractivity contribution < 1.29 is 9.59 Å². The van der Waals surface area contributed by atoms with E-state index in [1.165, 1.54) is 0 Å². The molecule has 0 bridgehead atoms. The zero-order chi connectivity index (χ0) is 16.2. The second-order valence-corrected chi connectivity index (χ2v) is 6.50. The number of thiazole rings is 1. The molecule has 23 heavy (non-hydrogen) atoms. The van der Waals surface area contributed by atoms with Gasteiger partial charge < -0.3 is 10.2 Å². The number of hydrogen-bond acceptors (Lipinski definition) is 5. The lowest BCUT2D eigenvalue weighted by molar-refractivity contribution is -0.128. The summed E-state index contributed by atoms with van der Waals surface area (Å²) in [6.45, 7) is 1.04. The number of rotatable bonds is 5. The molecule has 0 spiro atoms. The summed E-state index contributed by atoms with van der Waals surface area (Å²) in [6, 6.07) is 5.73. The SMILES string of the molecule is CN1C[C@@H](C(=O)NCCc2nc(-c3ccccn3)cs2)CC1=O. The molecule has 1 aliphatic heterocycles. The van der Waals surface area contributed by atoms with E-state index in [1.807, 2.05) is 23.6 Å². The van der Waals surface area contributed by atoms with Gasteiger partial charge in [-0.3, -0.25) is 14.6 Å². The Morgan fingerprint density at radius 2 is 2.30 bits per heavy atom. The third-order valence-corrected chi connectivity index (χ3v) is 4.74. The Labute approximate surface area is 138 Å². The van der Waals surface area contributed by atoms with E-state index < -0.39 is 0 Å². The second kappa shape index (κ2) is 6.87. The fourth-order valence-electron chi connectivity index (χ4n) is 2.53. The van der Waals surface area contributed by atoms with Gasteiger partial charge in [-0.15, -0.1) is 11.3 Å². The monoisotopic (exact) mass is 330 g/mol. The number of pyridine rings is 1. The average molecular weight is 330 g/mol. The molecule has 120 valence electrons. The maximum Gasteiger partial charge on any atom is 0.225 e. The minimum absolute atomic E-state index is 0.0325. The molecule has 3 rings (SSSR count). The van der Waals surface area contributed by atoms with E-state index >= 15 is 0 Å². The van der Waals surface area contributed by atoms with Gasteiger partial charge in [-0.1, -0.05) is 6.07 Å². The molecule has 1 fully saturated rings. The predicted molar refractivity (Wildman–Crippen MR) is 87.8 cm³/mol. The first-order chi connectivity index (χ1) is 11.1.